The van der Waals surface area contributed by atoms with E-state index in [1.807, 2.05) is 53.6 Å². The number of nitrogens with zero attached hydrogens (tertiary/aromatic N) is 2. The number of rotatable bonds is 4. The van der Waals surface area contributed by atoms with Crippen LogP contribution >= 0.6 is 0 Å². The van der Waals surface area contributed by atoms with Crippen molar-refractivity contribution in [3.05, 3.63) is 76.7 Å². The summed E-state index contributed by atoms with van der Waals surface area (Å²) in [5.41, 5.74) is 5.60. The van der Waals surface area contributed by atoms with Gasteiger partial charge in [-0.05, 0) is 36.1 Å². The number of carbonyl (C=O) groups excluding carboxylic acids is 2. The van der Waals surface area contributed by atoms with Crippen LogP contribution in [0.5, 0.6) is 0 Å². The maximum Gasteiger partial charge on any atom is 0.253 e. The quantitative estimate of drug-likeness (QED) is 0.463. The number of aryl methyl sites for hydroxylation is 1. The number of pyridine rings is 1. The highest BCUT2D eigenvalue weighted by atomic mass is 16.5. The Morgan fingerprint density at radius 2 is 1.97 bits per heavy atom. The van der Waals surface area contributed by atoms with Crippen LogP contribution in [0.3, 0.4) is 0 Å². The summed E-state index contributed by atoms with van der Waals surface area (Å²) in [6.45, 7) is 3.25. The molecule has 2 aliphatic heterocycles. The van der Waals surface area contributed by atoms with Crippen molar-refractivity contribution in [2.45, 2.75) is 19.3 Å². The molecule has 0 atom stereocenters. The Labute approximate surface area is 209 Å². The molecule has 0 aliphatic carbocycles. The van der Waals surface area contributed by atoms with Gasteiger partial charge < -0.3 is 19.9 Å². The lowest BCUT2D eigenvalue weighted by Crippen LogP contribution is -2.41. The van der Waals surface area contributed by atoms with Crippen molar-refractivity contribution in [3.63, 3.8) is 0 Å². The van der Waals surface area contributed by atoms with Crippen LogP contribution in [0.1, 0.15) is 39.3 Å². The zero-order valence-electron chi connectivity index (χ0n) is 20.0. The Kier molecular flexibility index (Phi) is 5.99. The first-order valence-corrected chi connectivity index (χ1v) is 12.5. The maximum absolute atomic E-state index is 12.6. The standard InChI is InChI=1S/C29H28N4O3/c34-26(33-11-13-36-14-12-33)16-20-4-1-3-19(15-20)6-8-22-17-24-21(18-31-22)7-9-23-27-25(32-28(23)24)5-2-10-30-29(27)35/h1,3-4,6-9,15,17-18,32H,2,5,10-14,16H2,(H,30,35)/b8-6+. The molecule has 0 bridgehead atoms. The molecule has 0 saturated carbocycles. The third-order valence-electron chi connectivity index (χ3n) is 7.00. The number of benzene rings is 2. The molecule has 6 rings (SSSR count). The Balaban J connectivity index is 1.27. The summed E-state index contributed by atoms with van der Waals surface area (Å²) in [6.07, 6.45) is 8.05. The van der Waals surface area contributed by atoms with Crippen molar-refractivity contribution in [3.8, 4) is 0 Å². The van der Waals surface area contributed by atoms with Crippen LogP contribution in [0.4, 0.5) is 0 Å². The fraction of sp³-hybridized carbons (Fsp3) is 0.276. The molecule has 7 nitrogen and oxygen atoms in total. The van der Waals surface area contributed by atoms with Gasteiger partial charge in [-0.15, -0.1) is 0 Å². The average Bonchev–Trinajstić information content (AvgIpc) is 3.19. The molecule has 0 radical (unpaired) electrons. The Morgan fingerprint density at radius 1 is 1.08 bits per heavy atom. The Morgan fingerprint density at radius 3 is 2.86 bits per heavy atom. The summed E-state index contributed by atoms with van der Waals surface area (Å²) >= 11 is 0. The molecule has 2 aromatic heterocycles. The smallest absolute Gasteiger partial charge is 0.253 e. The van der Waals surface area contributed by atoms with Gasteiger partial charge in [0.15, 0.2) is 0 Å². The number of H-pyrrole nitrogens is 1. The molecule has 1 saturated heterocycles. The van der Waals surface area contributed by atoms with E-state index in [0.29, 0.717) is 39.3 Å². The third kappa shape index (κ3) is 4.38. The highest BCUT2D eigenvalue weighted by Gasteiger charge is 2.22. The first-order valence-electron chi connectivity index (χ1n) is 12.5. The number of morpholine rings is 1. The van der Waals surface area contributed by atoms with Gasteiger partial charge >= 0.3 is 0 Å². The number of aromatic amines is 1. The molecular formula is C29H28N4O3. The van der Waals surface area contributed by atoms with Crippen LogP contribution in [-0.4, -0.2) is 59.5 Å². The average molecular weight is 481 g/mol. The number of carbonyl (C=O) groups is 2. The van der Waals surface area contributed by atoms with Gasteiger partial charge in [0.05, 0.1) is 36.4 Å². The van der Waals surface area contributed by atoms with Crippen molar-refractivity contribution < 1.29 is 14.3 Å². The molecule has 36 heavy (non-hydrogen) atoms. The van der Waals surface area contributed by atoms with Gasteiger partial charge in [-0.2, -0.15) is 0 Å². The molecule has 0 spiro atoms. The zero-order chi connectivity index (χ0) is 24.5. The predicted octanol–water partition coefficient (Wildman–Crippen LogP) is 3.96. The summed E-state index contributed by atoms with van der Waals surface area (Å²) < 4.78 is 5.35. The number of ether oxygens (including phenoxy) is 1. The molecule has 2 N–H and O–H groups in total. The van der Waals surface area contributed by atoms with Gasteiger partial charge in [-0.25, -0.2) is 0 Å². The monoisotopic (exact) mass is 480 g/mol. The zero-order valence-corrected chi connectivity index (χ0v) is 20.0. The SMILES string of the molecule is O=C1NCCCc2[nH]c3c(ccc4cnc(/C=C/c5cccc(CC(=O)N6CCOCC6)c5)cc43)c21. The van der Waals surface area contributed by atoms with Crippen LogP contribution in [-0.2, 0) is 22.4 Å². The van der Waals surface area contributed by atoms with Gasteiger partial charge in [0.1, 0.15) is 0 Å². The Bertz CT molecular complexity index is 1500. The van der Waals surface area contributed by atoms with E-state index in [4.69, 9.17) is 4.74 Å². The molecule has 0 unspecified atom stereocenters. The first-order chi connectivity index (χ1) is 17.7. The number of amides is 2. The second kappa shape index (κ2) is 9.59. The number of nitrogens with one attached hydrogen (secondary N) is 2. The highest BCUT2D eigenvalue weighted by Crippen LogP contribution is 2.31. The van der Waals surface area contributed by atoms with Gasteiger partial charge in [-0.1, -0.05) is 42.5 Å². The van der Waals surface area contributed by atoms with Crippen LogP contribution in [0, 0.1) is 0 Å². The third-order valence-corrected chi connectivity index (χ3v) is 7.00. The van der Waals surface area contributed by atoms with E-state index in [1.165, 1.54) is 0 Å². The second-order valence-electron chi connectivity index (χ2n) is 9.40. The van der Waals surface area contributed by atoms with Gasteiger partial charge in [0, 0.05) is 47.7 Å². The fourth-order valence-corrected chi connectivity index (χ4v) is 5.13. The van der Waals surface area contributed by atoms with Gasteiger partial charge in [0.25, 0.3) is 5.91 Å². The lowest BCUT2D eigenvalue weighted by atomic mass is 10.0. The van der Waals surface area contributed by atoms with Crippen molar-refractivity contribution >= 4 is 45.6 Å². The molecule has 4 heterocycles. The summed E-state index contributed by atoms with van der Waals surface area (Å²) in [6, 6.07) is 14.2. The van der Waals surface area contributed by atoms with Crippen molar-refractivity contribution in [1.29, 1.82) is 0 Å². The lowest BCUT2D eigenvalue weighted by molar-refractivity contribution is -0.134. The highest BCUT2D eigenvalue weighted by molar-refractivity contribution is 6.15. The molecule has 7 heteroatoms. The van der Waals surface area contributed by atoms with E-state index in [2.05, 4.69) is 27.4 Å². The molecule has 2 amide bonds. The number of fused-ring (bicyclic) bond motifs is 5. The molecule has 1 fully saturated rings. The van der Waals surface area contributed by atoms with Gasteiger partial charge in [-0.3, -0.25) is 14.6 Å². The van der Waals surface area contributed by atoms with Crippen LogP contribution < -0.4 is 5.32 Å². The summed E-state index contributed by atoms with van der Waals surface area (Å²) in [5, 5.41) is 6.03. The van der Waals surface area contributed by atoms with Crippen molar-refractivity contribution in [2.24, 2.45) is 0 Å². The largest absolute Gasteiger partial charge is 0.378 e. The normalized spacial score (nSPS) is 16.3. The van der Waals surface area contributed by atoms with Gasteiger partial charge in [0.2, 0.25) is 5.91 Å². The number of hydrogen-bond acceptors (Lipinski definition) is 4. The molecule has 2 aliphatic rings. The van der Waals surface area contributed by atoms with Crippen LogP contribution in [0.2, 0.25) is 0 Å². The first kappa shape index (κ1) is 22.5. The summed E-state index contributed by atoms with van der Waals surface area (Å²) in [4.78, 5) is 35.3. The molecular weight excluding hydrogens is 452 g/mol. The van der Waals surface area contributed by atoms with Crippen LogP contribution in [0.25, 0.3) is 33.8 Å². The Hall–Kier alpha value is -3.97. The lowest BCUT2D eigenvalue weighted by Gasteiger charge is -2.26. The summed E-state index contributed by atoms with van der Waals surface area (Å²) in [5.74, 6) is 0.131. The minimum absolute atomic E-state index is 0.00532. The number of aromatic nitrogens is 2. The van der Waals surface area contributed by atoms with Crippen molar-refractivity contribution in [2.75, 3.05) is 32.8 Å². The predicted molar refractivity (Wildman–Crippen MR) is 141 cm³/mol. The van der Waals surface area contributed by atoms with E-state index in [-0.39, 0.29) is 11.8 Å². The molecule has 2 aromatic carbocycles. The van der Waals surface area contributed by atoms with E-state index >= 15 is 0 Å². The maximum atomic E-state index is 12.6. The second-order valence-corrected chi connectivity index (χ2v) is 9.40. The number of hydrogen-bond donors (Lipinski definition) is 2. The minimum Gasteiger partial charge on any atom is -0.378 e. The summed E-state index contributed by atoms with van der Waals surface area (Å²) in [7, 11) is 0. The van der Waals surface area contributed by atoms with E-state index in [9.17, 15) is 9.59 Å². The molecule has 182 valence electrons. The van der Waals surface area contributed by atoms with E-state index in [0.717, 1.165) is 62.6 Å². The van der Waals surface area contributed by atoms with E-state index < -0.39 is 0 Å². The molecule has 4 aromatic rings. The van der Waals surface area contributed by atoms with Crippen molar-refractivity contribution in [1.82, 2.24) is 20.2 Å². The minimum atomic E-state index is -0.00532. The fourth-order valence-electron chi connectivity index (χ4n) is 5.13. The van der Waals surface area contributed by atoms with E-state index in [1.54, 1.807) is 0 Å². The van der Waals surface area contributed by atoms with Crippen LogP contribution in [0.15, 0.2) is 48.7 Å². The topological polar surface area (TPSA) is 87.3 Å².